The Morgan fingerprint density at radius 2 is 2.21 bits per heavy atom. The van der Waals surface area contributed by atoms with Crippen LogP contribution < -0.4 is 5.32 Å². The third-order valence-corrected chi connectivity index (χ3v) is 2.09. The third kappa shape index (κ3) is 3.12. The molecular formula is C10H18N2O2. The van der Waals surface area contributed by atoms with Crippen molar-refractivity contribution in [3.05, 3.63) is 17.3 Å². The first-order chi connectivity index (χ1) is 6.63. The fraction of sp³-hybridized carbons (Fsp3) is 0.700. The number of rotatable bonds is 5. The number of nitrogens with zero attached hydrogens (tertiary/aromatic N) is 1. The lowest BCUT2D eigenvalue weighted by Gasteiger charge is -2.10. The van der Waals surface area contributed by atoms with Crippen LogP contribution in [0.15, 0.2) is 4.42 Å². The fourth-order valence-corrected chi connectivity index (χ4v) is 1.19. The summed E-state index contributed by atoms with van der Waals surface area (Å²) in [6.07, 6.45) is 0. The first-order valence-corrected chi connectivity index (χ1v) is 4.78. The molecule has 1 N–H and O–H groups in total. The summed E-state index contributed by atoms with van der Waals surface area (Å²) in [6, 6.07) is 0.313. The van der Waals surface area contributed by atoms with Crippen LogP contribution in [0.25, 0.3) is 0 Å². The van der Waals surface area contributed by atoms with Crippen molar-refractivity contribution in [1.29, 1.82) is 0 Å². The molecule has 4 nitrogen and oxygen atoms in total. The minimum absolute atomic E-state index is 0.313. The summed E-state index contributed by atoms with van der Waals surface area (Å²) in [5.41, 5.74) is 0.959. The van der Waals surface area contributed by atoms with Gasteiger partial charge < -0.3 is 14.5 Å². The maximum Gasteiger partial charge on any atom is 0.208 e. The van der Waals surface area contributed by atoms with E-state index in [1.54, 1.807) is 7.11 Å². The molecule has 1 aromatic heterocycles. The highest BCUT2D eigenvalue weighted by Gasteiger charge is 2.06. The normalized spacial score (nSPS) is 13.1. The summed E-state index contributed by atoms with van der Waals surface area (Å²) in [5.74, 6) is 1.63. The predicted octanol–water partition coefficient (Wildman–Crippen LogP) is 1.42. The smallest absolute Gasteiger partial charge is 0.208 e. The van der Waals surface area contributed by atoms with Crippen LogP contribution in [-0.2, 0) is 11.3 Å². The lowest BCUT2D eigenvalue weighted by atomic mass is 10.3. The van der Waals surface area contributed by atoms with Crippen LogP contribution in [0.3, 0.4) is 0 Å². The zero-order valence-electron chi connectivity index (χ0n) is 9.26. The number of methoxy groups -OCH3 is 1. The van der Waals surface area contributed by atoms with E-state index in [0.717, 1.165) is 17.3 Å². The molecule has 1 atom stereocenters. The largest absolute Gasteiger partial charge is 0.444 e. The van der Waals surface area contributed by atoms with Crippen molar-refractivity contribution in [2.24, 2.45) is 0 Å². The number of oxazole rings is 1. The molecule has 14 heavy (non-hydrogen) atoms. The van der Waals surface area contributed by atoms with E-state index >= 15 is 0 Å². The van der Waals surface area contributed by atoms with Gasteiger partial charge >= 0.3 is 0 Å². The number of aryl methyl sites for hydroxylation is 2. The van der Waals surface area contributed by atoms with Gasteiger partial charge in [-0.05, 0) is 20.8 Å². The first kappa shape index (κ1) is 11.2. The van der Waals surface area contributed by atoms with Gasteiger partial charge in [0.25, 0.3) is 0 Å². The number of nitrogens with one attached hydrogen (secondary N) is 1. The Bertz CT molecular complexity index is 264. The van der Waals surface area contributed by atoms with E-state index in [2.05, 4.69) is 17.2 Å². The van der Waals surface area contributed by atoms with Gasteiger partial charge in [-0.1, -0.05) is 0 Å². The molecule has 0 amide bonds. The van der Waals surface area contributed by atoms with Gasteiger partial charge in [-0.15, -0.1) is 0 Å². The second kappa shape index (κ2) is 5.12. The highest BCUT2D eigenvalue weighted by atomic mass is 16.5. The molecule has 0 fully saturated rings. The maximum absolute atomic E-state index is 5.43. The SMILES string of the molecule is COCC(C)NCc1nc(C)c(C)o1. The summed E-state index contributed by atoms with van der Waals surface area (Å²) < 4.78 is 10.4. The van der Waals surface area contributed by atoms with Gasteiger partial charge in [-0.3, -0.25) is 0 Å². The highest BCUT2D eigenvalue weighted by molar-refractivity contribution is 5.05. The Balaban J connectivity index is 2.38. The number of hydrogen-bond acceptors (Lipinski definition) is 4. The van der Waals surface area contributed by atoms with E-state index in [1.165, 1.54) is 0 Å². The van der Waals surface area contributed by atoms with Crippen LogP contribution in [0.2, 0.25) is 0 Å². The van der Waals surface area contributed by atoms with Crippen LogP contribution in [0, 0.1) is 13.8 Å². The Labute approximate surface area is 84.7 Å². The number of ether oxygens (including phenoxy) is 1. The monoisotopic (exact) mass is 198 g/mol. The summed E-state index contributed by atoms with van der Waals surface area (Å²) >= 11 is 0. The fourth-order valence-electron chi connectivity index (χ4n) is 1.19. The molecule has 0 radical (unpaired) electrons. The van der Waals surface area contributed by atoms with Crippen molar-refractivity contribution in [2.75, 3.05) is 13.7 Å². The Kier molecular flexibility index (Phi) is 4.10. The number of aromatic nitrogens is 1. The lowest BCUT2D eigenvalue weighted by Crippen LogP contribution is -2.29. The third-order valence-electron chi connectivity index (χ3n) is 2.09. The van der Waals surface area contributed by atoms with Crippen molar-refractivity contribution in [1.82, 2.24) is 10.3 Å². The topological polar surface area (TPSA) is 47.3 Å². The molecule has 1 unspecified atom stereocenters. The van der Waals surface area contributed by atoms with Crippen molar-refractivity contribution < 1.29 is 9.15 Å². The summed E-state index contributed by atoms with van der Waals surface area (Å²) in [6.45, 7) is 7.27. The zero-order chi connectivity index (χ0) is 10.6. The van der Waals surface area contributed by atoms with Crippen LogP contribution >= 0.6 is 0 Å². The average Bonchev–Trinajstić information content (AvgIpc) is 2.44. The predicted molar refractivity (Wildman–Crippen MR) is 54.2 cm³/mol. The van der Waals surface area contributed by atoms with E-state index in [-0.39, 0.29) is 0 Å². The van der Waals surface area contributed by atoms with Gasteiger partial charge in [-0.25, -0.2) is 4.98 Å². The van der Waals surface area contributed by atoms with Gasteiger partial charge in [0, 0.05) is 13.2 Å². The van der Waals surface area contributed by atoms with E-state index in [9.17, 15) is 0 Å². The van der Waals surface area contributed by atoms with Gasteiger partial charge in [0.15, 0.2) is 0 Å². The molecule has 0 bridgehead atoms. The second-order valence-electron chi connectivity index (χ2n) is 3.49. The van der Waals surface area contributed by atoms with Crippen molar-refractivity contribution in [2.45, 2.75) is 33.4 Å². The quantitative estimate of drug-likeness (QED) is 0.777. The van der Waals surface area contributed by atoms with Gasteiger partial charge in [0.1, 0.15) is 5.76 Å². The van der Waals surface area contributed by atoms with E-state index in [4.69, 9.17) is 9.15 Å². The molecular weight excluding hydrogens is 180 g/mol. The van der Waals surface area contributed by atoms with Crippen LogP contribution in [0.5, 0.6) is 0 Å². The average molecular weight is 198 g/mol. The van der Waals surface area contributed by atoms with E-state index in [0.29, 0.717) is 19.2 Å². The first-order valence-electron chi connectivity index (χ1n) is 4.78. The minimum Gasteiger partial charge on any atom is -0.444 e. The second-order valence-corrected chi connectivity index (χ2v) is 3.49. The van der Waals surface area contributed by atoms with E-state index < -0.39 is 0 Å². The molecule has 0 saturated carbocycles. The standard InChI is InChI=1S/C10H18N2O2/c1-7(6-13-4)11-5-10-12-8(2)9(3)14-10/h7,11H,5-6H2,1-4H3. The van der Waals surface area contributed by atoms with Gasteiger partial charge in [0.05, 0.1) is 18.8 Å². The van der Waals surface area contributed by atoms with Gasteiger partial charge in [-0.2, -0.15) is 0 Å². The highest BCUT2D eigenvalue weighted by Crippen LogP contribution is 2.07. The molecule has 0 aliphatic heterocycles. The molecule has 1 heterocycles. The zero-order valence-corrected chi connectivity index (χ0v) is 9.26. The molecule has 0 aromatic carbocycles. The molecule has 0 spiro atoms. The number of hydrogen-bond donors (Lipinski definition) is 1. The van der Waals surface area contributed by atoms with Crippen LogP contribution in [0.1, 0.15) is 24.3 Å². The van der Waals surface area contributed by atoms with Crippen molar-refractivity contribution in [3.63, 3.8) is 0 Å². The summed E-state index contributed by atoms with van der Waals surface area (Å²) in [7, 11) is 1.69. The molecule has 0 aliphatic carbocycles. The molecule has 0 aliphatic rings. The summed E-state index contributed by atoms with van der Waals surface area (Å²) in [4.78, 5) is 4.27. The van der Waals surface area contributed by atoms with Crippen molar-refractivity contribution in [3.8, 4) is 0 Å². The molecule has 4 heteroatoms. The van der Waals surface area contributed by atoms with Crippen LogP contribution in [0.4, 0.5) is 0 Å². The minimum atomic E-state index is 0.313. The van der Waals surface area contributed by atoms with Crippen LogP contribution in [-0.4, -0.2) is 24.7 Å². The molecule has 1 rings (SSSR count). The van der Waals surface area contributed by atoms with E-state index in [1.807, 2.05) is 13.8 Å². The Morgan fingerprint density at radius 1 is 1.50 bits per heavy atom. The molecule has 0 saturated heterocycles. The van der Waals surface area contributed by atoms with Gasteiger partial charge in [0.2, 0.25) is 5.89 Å². The Hall–Kier alpha value is -0.870. The molecule has 1 aromatic rings. The summed E-state index contributed by atoms with van der Waals surface area (Å²) in [5, 5.41) is 3.26. The lowest BCUT2D eigenvalue weighted by molar-refractivity contribution is 0.170. The molecule has 80 valence electrons. The Morgan fingerprint density at radius 3 is 2.71 bits per heavy atom. The van der Waals surface area contributed by atoms with Crippen molar-refractivity contribution >= 4 is 0 Å². The maximum atomic E-state index is 5.43.